The van der Waals surface area contributed by atoms with Crippen molar-refractivity contribution < 1.29 is 0 Å². The highest BCUT2D eigenvalue weighted by molar-refractivity contribution is 6.13. The minimum absolute atomic E-state index is 0.0983. The maximum atomic E-state index is 2.47. The maximum absolute atomic E-state index is 2.47. The summed E-state index contributed by atoms with van der Waals surface area (Å²) in [5, 5.41) is 2.60. The Bertz CT molecular complexity index is 1360. The number of hydrogen-bond acceptors (Lipinski definition) is 0. The molecule has 1 aromatic heterocycles. The zero-order valence-electron chi connectivity index (χ0n) is 18.1. The Labute approximate surface area is 178 Å². The predicted molar refractivity (Wildman–Crippen MR) is 130 cm³/mol. The normalized spacial score (nSPS) is 12.0. The molecule has 0 saturated carbocycles. The molecule has 148 valence electrons. The molecule has 0 N–H and O–H groups in total. The van der Waals surface area contributed by atoms with Crippen molar-refractivity contribution in [3.63, 3.8) is 0 Å². The molecule has 0 aliphatic carbocycles. The van der Waals surface area contributed by atoms with Gasteiger partial charge >= 0.3 is 0 Å². The van der Waals surface area contributed by atoms with E-state index in [0.29, 0.717) is 0 Å². The molecule has 0 radical (unpaired) electrons. The third-order valence-corrected chi connectivity index (χ3v) is 6.13. The summed E-state index contributed by atoms with van der Waals surface area (Å²) in [5.74, 6) is 0. The van der Waals surface area contributed by atoms with Gasteiger partial charge in [0.25, 0.3) is 0 Å². The molecule has 0 aliphatic heterocycles. The van der Waals surface area contributed by atoms with Crippen molar-refractivity contribution in [3.05, 3.63) is 102 Å². The van der Waals surface area contributed by atoms with Gasteiger partial charge in [-0.3, -0.25) is 0 Å². The molecule has 1 nitrogen and oxygen atoms in total. The van der Waals surface area contributed by atoms with E-state index in [2.05, 4.69) is 123 Å². The van der Waals surface area contributed by atoms with Crippen LogP contribution in [0.1, 0.15) is 31.9 Å². The molecule has 30 heavy (non-hydrogen) atoms. The Hall–Kier alpha value is -3.32. The number of hydrogen-bond donors (Lipinski definition) is 0. The summed E-state index contributed by atoms with van der Waals surface area (Å²) in [6.45, 7) is 9.14. The van der Waals surface area contributed by atoms with Gasteiger partial charge in [0.05, 0.1) is 11.0 Å². The van der Waals surface area contributed by atoms with E-state index in [9.17, 15) is 0 Å². The summed E-state index contributed by atoms with van der Waals surface area (Å²) in [6, 6.07) is 32.9. The van der Waals surface area contributed by atoms with Gasteiger partial charge < -0.3 is 4.57 Å². The molecule has 0 amide bonds. The smallest absolute Gasteiger partial charge is 0.0619 e. The van der Waals surface area contributed by atoms with Crippen molar-refractivity contribution in [2.75, 3.05) is 0 Å². The van der Waals surface area contributed by atoms with Crippen molar-refractivity contribution in [1.82, 2.24) is 4.57 Å². The summed E-state index contributed by atoms with van der Waals surface area (Å²) in [4.78, 5) is 0. The Morgan fingerprint density at radius 3 is 2.07 bits per heavy atom. The summed E-state index contributed by atoms with van der Waals surface area (Å²) >= 11 is 0. The number of fused-ring (bicyclic) bond motifs is 3. The van der Waals surface area contributed by atoms with Gasteiger partial charge in [0.1, 0.15) is 0 Å². The van der Waals surface area contributed by atoms with E-state index in [1.54, 1.807) is 0 Å². The molecule has 0 saturated heterocycles. The van der Waals surface area contributed by atoms with E-state index in [-0.39, 0.29) is 5.41 Å². The van der Waals surface area contributed by atoms with Crippen molar-refractivity contribution in [2.24, 2.45) is 0 Å². The number of benzene rings is 4. The molecule has 0 spiro atoms. The minimum atomic E-state index is 0.0983. The topological polar surface area (TPSA) is 4.93 Å². The van der Waals surface area contributed by atoms with Crippen LogP contribution in [0.25, 0.3) is 38.6 Å². The van der Waals surface area contributed by atoms with Crippen LogP contribution in [0.5, 0.6) is 0 Å². The van der Waals surface area contributed by atoms with Crippen LogP contribution in [0.2, 0.25) is 0 Å². The van der Waals surface area contributed by atoms with Gasteiger partial charge in [-0.2, -0.15) is 0 Å². The monoisotopic (exact) mass is 389 g/mol. The lowest BCUT2D eigenvalue weighted by atomic mass is 9.83. The summed E-state index contributed by atoms with van der Waals surface area (Å²) in [5.41, 5.74) is 9.14. The van der Waals surface area contributed by atoms with Crippen molar-refractivity contribution in [3.8, 4) is 16.8 Å². The van der Waals surface area contributed by atoms with E-state index >= 15 is 0 Å². The molecular formula is C29H27N. The number of para-hydroxylation sites is 2. The van der Waals surface area contributed by atoms with Crippen LogP contribution in [0.3, 0.4) is 0 Å². The van der Waals surface area contributed by atoms with Crippen molar-refractivity contribution >= 4 is 21.8 Å². The fraction of sp³-hybridized carbons (Fsp3) is 0.172. The average Bonchev–Trinajstić information content (AvgIpc) is 3.08. The summed E-state index contributed by atoms with van der Waals surface area (Å²) in [6.07, 6.45) is 0. The Balaban J connectivity index is 1.96. The van der Waals surface area contributed by atoms with Crippen molar-refractivity contribution in [2.45, 2.75) is 33.1 Å². The fourth-order valence-electron chi connectivity index (χ4n) is 4.80. The van der Waals surface area contributed by atoms with E-state index in [0.717, 1.165) is 0 Å². The van der Waals surface area contributed by atoms with Crippen molar-refractivity contribution in [1.29, 1.82) is 0 Å². The van der Waals surface area contributed by atoms with Crippen LogP contribution in [-0.2, 0) is 5.41 Å². The SMILES string of the molecule is Cc1c(-n2c3ccccc3c3cccc(-c4ccccc4)c32)cccc1C(C)(C)C. The highest BCUT2D eigenvalue weighted by atomic mass is 15.0. The van der Waals surface area contributed by atoms with Gasteiger partial charge in [0, 0.05) is 22.0 Å². The van der Waals surface area contributed by atoms with Gasteiger partial charge in [-0.15, -0.1) is 0 Å². The summed E-state index contributed by atoms with van der Waals surface area (Å²) < 4.78 is 2.47. The van der Waals surface area contributed by atoms with Crippen LogP contribution in [0.4, 0.5) is 0 Å². The highest BCUT2D eigenvalue weighted by Gasteiger charge is 2.21. The first kappa shape index (κ1) is 18.7. The van der Waals surface area contributed by atoms with E-state index in [1.807, 2.05) is 0 Å². The highest BCUT2D eigenvalue weighted by Crippen LogP contribution is 2.39. The minimum Gasteiger partial charge on any atom is -0.308 e. The van der Waals surface area contributed by atoms with Gasteiger partial charge in [0.15, 0.2) is 0 Å². The molecule has 0 unspecified atom stereocenters. The lowest BCUT2D eigenvalue weighted by molar-refractivity contribution is 0.585. The Morgan fingerprint density at radius 1 is 0.633 bits per heavy atom. The second kappa shape index (κ2) is 6.88. The van der Waals surface area contributed by atoms with E-state index < -0.39 is 0 Å². The van der Waals surface area contributed by atoms with E-state index in [1.165, 1.54) is 49.7 Å². The fourth-order valence-corrected chi connectivity index (χ4v) is 4.80. The van der Waals surface area contributed by atoms with E-state index in [4.69, 9.17) is 0 Å². The van der Waals surface area contributed by atoms with Crippen LogP contribution in [0.15, 0.2) is 91.0 Å². The zero-order valence-corrected chi connectivity index (χ0v) is 18.1. The van der Waals surface area contributed by atoms with Gasteiger partial charge in [-0.25, -0.2) is 0 Å². The number of rotatable bonds is 2. The van der Waals surface area contributed by atoms with Crippen LogP contribution >= 0.6 is 0 Å². The molecule has 1 heterocycles. The molecule has 0 atom stereocenters. The van der Waals surface area contributed by atoms with Gasteiger partial charge in [-0.05, 0) is 41.2 Å². The second-order valence-corrected chi connectivity index (χ2v) is 9.12. The molecular weight excluding hydrogens is 362 g/mol. The quantitative estimate of drug-likeness (QED) is 0.288. The average molecular weight is 390 g/mol. The Morgan fingerprint density at radius 2 is 1.30 bits per heavy atom. The summed E-state index contributed by atoms with van der Waals surface area (Å²) in [7, 11) is 0. The van der Waals surface area contributed by atoms with Gasteiger partial charge in [-0.1, -0.05) is 99.6 Å². The number of aromatic nitrogens is 1. The zero-order chi connectivity index (χ0) is 20.9. The molecule has 1 heteroatoms. The first-order chi connectivity index (χ1) is 14.5. The third-order valence-electron chi connectivity index (χ3n) is 6.13. The maximum Gasteiger partial charge on any atom is 0.0619 e. The second-order valence-electron chi connectivity index (χ2n) is 9.12. The number of nitrogens with zero attached hydrogens (tertiary/aromatic N) is 1. The molecule has 5 rings (SSSR count). The van der Waals surface area contributed by atoms with Crippen LogP contribution in [0, 0.1) is 6.92 Å². The van der Waals surface area contributed by atoms with Crippen LogP contribution in [-0.4, -0.2) is 4.57 Å². The largest absolute Gasteiger partial charge is 0.308 e. The molecule has 0 aliphatic rings. The standard InChI is InChI=1S/C29H27N/c1-20-25(29(2,3)4)17-11-19-26(20)30-27-18-9-8-14-23(27)24-16-10-15-22(28(24)30)21-12-6-5-7-13-21/h5-19H,1-4H3. The predicted octanol–water partition coefficient (Wildman–Crippen LogP) is 8.06. The molecule has 5 aromatic rings. The lowest BCUT2D eigenvalue weighted by Gasteiger charge is -2.24. The third kappa shape index (κ3) is 2.85. The lowest BCUT2D eigenvalue weighted by Crippen LogP contribution is -2.14. The van der Waals surface area contributed by atoms with Crippen LogP contribution < -0.4 is 0 Å². The first-order valence-corrected chi connectivity index (χ1v) is 10.6. The first-order valence-electron chi connectivity index (χ1n) is 10.6. The van der Waals surface area contributed by atoms with Gasteiger partial charge in [0.2, 0.25) is 0 Å². The molecule has 0 fully saturated rings. The Kier molecular flexibility index (Phi) is 4.29. The molecule has 4 aromatic carbocycles. The molecule has 0 bridgehead atoms.